The van der Waals surface area contributed by atoms with E-state index < -0.39 is 5.25 Å². The molecule has 3 rings (SSSR count). The second-order valence-electron chi connectivity index (χ2n) is 5.64. The Morgan fingerprint density at radius 1 is 1.48 bits per heavy atom. The lowest BCUT2D eigenvalue weighted by molar-refractivity contribution is -0.115. The number of thiophene rings is 1. The number of hydrogen-bond donors (Lipinski definition) is 1. The van der Waals surface area contributed by atoms with Gasteiger partial charge in [0.2, 0.25) is 5.91 Å². The number of carbonyl (C=O) groups is 1. The molecule has 1 atom stereocenters. The van der Waals surface area contributed by atoms with Crippen LogP contribution in [0.3, 0.4) is 0 Å². The maximum absolute atomic E-state index is 12.8. The van der Waals surface area contributed by atoms with E-state index in [0.29, 0.717) is 33.2 Å². The van der Waals surface area contributed by atoms with Crippen LogP contribution < -0.4 is 10.9 Å². The number of rotatable bonds is 6. The average Bonchev–Trinajstić information content (AvgIpc) is 3.12. The van der Waals surface area contributed by atoms with Crippen LogP contribution in [0.2, 0.25) is 0 Å². The number of benzene rings is 1. The lowest BCUT2D eigenvalue weighted by Crippen LogP contribution is -2.26. The number of carbonyl (C=O) groups excluding carboxylic acids is 1. The van der Waals surface area contributed by atoms with Gasteiger partial charge in [-0.15, -0.1) is 17.9 Å². The second kappa shape index (κ2) is 8.20. The number of aromatic nitrogens is 2. The SMILES string of the molecule is C=CCn1c(S[C@H](C)C(=O)Nc2sccc2C#N)nc2ccccc2c1=O. The maximum Gasteiger partial charge on any atom is 0.262 e. The van der Waals surface area contributed by atoms with Crippen LogP contribution in [0.1, 0.15) is 12.5 Å². The smallest absolute Gasteiger partial charge is 0.262 e. The fraction of sp³-hybridized carbons (Fsp3) is 0.158. The summed E-state index contributed by atoms with van der Waals surface area (Å²) < 4.78 is 1.51. The summed E-state index contributed by atoms with van der Waals surface area (Å²) in [6.45, 7) is 5.73. The van der Waals surface area contributed by atoms with Crippen LogP contribution >= 0.6 is 23.1 Å². The molecular formula is C19H16N4O2S2. The Hall–Kier alpha value is -2.89. The number of nitrogens with zero attached hydrogens (tertiary/aromatic N) is 3. The lowest BCUT2D eigenvalue weighted by Gasteiger charge is -2.15. The number of thioether (sulfide) groups is 1. The van der Waals surface area contributed by atoms with E-state index in [9.17, 15) is 9.59 Å². The van der Waals surface area contributed by atoms with E-state index >= 15 is 0 Å². The summed E-state index contributed by atoms with van der Waals surface area (Å²) in [5, 5.41) is 14.6. The largest absolute Gasteiger partial charge is 0.316 e. The molecule has 0 unspecified atom stereocenters. The summed E-state index contributed by atoms with van der Waals surface area (Å²) in [5.74, 6) is -0.258. The van der Waals surface area contributed by atoms with E-state index in [4.69, 9.17) is 5.26 Å². The van der Waals surface area contributed by atoms with Crippen molar-refractivity contribution in [2.45, 2.75) is 23.9 Å². The third-order valence-corrected chi connectivity index (χ3v) is 5.73. The van der Waals surface area contributed by atoms with E-state index in [1.54, 1.807) is 42.6 Å². The summed E-state index contributed by atoms with van der Waals surface area (Å²) in [6.07, 6.45) is 1.62. The van der Waals surface area contributed by atoms with Crippen molar-refractivity contribution in [3.63, 3.8) is 0 Å². The number of allylic oxidation sites excluding steroid dienone is 1. The Kier molecular flexibility index (Phi) is 5.74. The van der Waals surface area contributed by atoms with Gasteiger partial charge in [0.05, 0.1) is 21.7 Å². The van der Waals surface area contributed by atoms with Crippen molar-refractivity contribution in [3.8, 4) is 6.07 Å². The predicted octanol–water partition coefficient (Wildman–Crippen LogP) is 3.63. The molecule has 8 heteroatoms. The first kappa shape index (κ1) is 18.9. The molecule has 1 aromatic carbocycles. The van der Waals surface area contributed by atoms with Gasteiger partial charge in [-0.2, -0.15) is 5.26 Å². The molecule has 2 aromatic heterocycles. The highest BCUT2D eigenvalue weighted by molar-refractivity contribution is 8.00. The Balaban J connectivity index is 1.89. The minimum atomic E-state index is -0.511. The second-order valence-corrected chi connectivity index (χ2v) is 7.86. The van der Waals surface area contributed by atoms with E-state index in [1.165, 1.54) is 27.7 Å². The zero-order valence-corrected chi connectivity index (χ0v) is 16.1. The number of nitrogens with one attached hydrogen (secondary N) is 1. The van der Waals surface area contributed by atoms with Gasteiger partial charge in [0.15, 0.2) is 5.16 Å². The summed E-state index contributed by atoms with van der Waals surface area (Å²) in [7, 11) is 0. The molecule has 0 fully saturated rings. The molecule has 6 nitrogen and oxygen atoms in total. The van der Waals surface area contributed by atoms with E-state index in [1.807, 2.05) is 12.1 Å². The van der Waals surface area contributed by atoms with Gasteiger partial charge in [0.1, 0.15) is 11.1 Å². The van der Waals surface area contributed by atoms with Crippen LogP contribution in [0.4, 0.5) is 5.00 Å². The number of fused-ring (bicyclic) bond motifs is 1. The van der Waals surface area contributed by atoms with Crippen molar-refractivity contribution in [1.82, 2.24) is 9.55 Å². The molecule has 0 saturated carbocycles. The number of anilines is 1. The van der Waals surface area contributed by atoms with E-state index in [-0.39, 0.29) is 11.5 Å². The molecule has 1 amide bonds. The van der Waals surface area contributed by atoms with Crippen LogP contribution in [0.15, 0.2) is 58.3 Å². The van der Waals surface area contributed by atoms with Gasteiger partial charge in [-0.25, -0.2) is 4.98 Å². The minimum Gasteiger partial charge on any atom is -0.316 e. The van der Waals surface area contributed by atoms with Crippen LogP contribution in [-0.4, -0.2) is 20.7 Å². The normalized spacial score (nSPS) is 11.7. The van der Waals surface area contributed by atoms with Gasteiger partial charge in [-0.1, -0.05) is 30.0 Å². The topological polar surface area (TPSA) is 87.8 Å². The summed E-state index contributed by atoms with van der Waals surface area (Å²) in [6, 6.07) is 10.8. The van der Waals surface area contributed by atoms with Crippen molar-refractivity contribution in [2.75, 3.05) is 5.32 Å². The average molecular weight is 396 g/mol. The molecule has 0 saturated heterocycles. The van der Waals surface area contributed by atoms with Gasteiger partial charge >= 0.3 is 0 Å². The Bertz CT molecular complexity index is 1110. The molecule has 0 aliphatic carbocycles. The molecule has 27 heavy (non-hydrogen) atoms. The van der Waals surface area contributed by atoms with Gasteiger partial charge in [0.25, 0.3) is 5.56 Å². The van der Waals surface area contributed by atoms with Crippen molar-refractivity contribution in [1.29, 1.82) is 5.26 Å². The highest BCUT2D eigenvalue weighted by Gasteiger charge is 2.20. The highest BCUT2D eigenvalue weighted by Crippen LogP contribution is 2.26. The van der Waals surface area contributed by atoms with Crippen molar-refractivity contribution < 1.29 is 4.79 Å². The Morgan fingerprint density at radius 3 is 3.00 bits per heavy atom. The Labute approximate surface area is 164 Å². The van der Waals surface area contributed by atoms with E-state index in [0.717, 1.165) is 0 Å². The number of hydrogen-bond acceptors (Lipinski definition) is 6. The van der Waals surface area contributed by atoms with Crippen LogP contribution in [0.5, 0.6) is 0 Å². The summed E-state index contributed by atoms with van der Waals surface area (Å²) >= 11 is 2.49. The fourth-order valence-electron chi connectivity index (χ4n) is 2.45. The molecule has 1 N–H and O–H groups in total. The monoisotopic (exact) mass is 396 g/mol. The molecule has 0 aliphatic heterocycles. The Morgan fingerprint density at radius 2 is 2.26 bits per heavy atom. The zero-order valence-electron chi connectivity index (χ0n) is 14.5. The lowest BCUT2D eigenvalue weighted by atomic mass is 10.2. The fourth-order valence-corrected chi connectivity index (χ4v) is 4.11. The quantitative estimate of drug-likeness (QED) is 0.390. The number of nitriles is 1. The standard InChI is InChI=1S/C19H16N4O2S2/c1-3-9-23-18(25)14-6-4-5-7-15(14)21-19(23)27-12(2)16(24)22-17-13(11-20)8-10-26-17/h3-8,10,12H,1,9H2,2H3,(H,22,24)/t12-/m1/s1. The molecule has 0 bridgehead atoms. The first-order chi connectivity index (χ1) is 13.0. The van der Waals surface area contributed by atoms with Crippen molar-refractivity contribution in [2.24, 2.45) is 0 Å². The highest BCUT2D eigenvalue weighted by atomic mass is 32.2. The van der Waals surface area contributed by atoms with Gasteiger partial charge in [0, 0.05) is 6.54 Å². The molecular weight excluding hydrogens is 380 g/mol. The van der Waals surface area contributed by atoms with Gasteiger partial charge in [-0.05, 0) is 30.5 Å². The minimum absolute atomic E-state index is 0.166. The predicted molar refractivity (Wildman–Crippen MR) is 109 cm³/mol. The maximum atomic E-state index is 12.8. The van der Waals surface area contributed by atoms with E-state index in [2.05, 4.69) is 16.9 Å². The molecule has 0 spiro atoms. The van der Waals surface area contributed by atoms with Crippen molar-refractivity contribution in [3.05, 3.63) is 64.3 Å². The first-order valence-electron chi connectivity index (χ1n) is 8.10. The molecule has 2 heterocycles. The molecule has 0 radical (unpaired) electrons. The van der Waals surface area contributed by atoms with Crippen molar-refractivity contribution >= 4 is 44.9 Å². The third-order valence-electron chi connectivity index (χ3n) is 3.81. The molecule has 136 valence electrons. The van der Waals surface area contributed by atoms with Crippen LogP contribution in [-0.2, 0) is 11.3 Å². The zero-order chi connectivity index (χ0) is 19.4. The number of amides is 1. The molecule has 0 aliphatic rings. The summed E-state index contributed by atoms with van der Waals surface area (Å²) in [5.41, 5.74) is 0.849. The first-order valence-corrected chi connectivity index (χ1v) is 9.86. The van der Waals surface area contributed by atoms with Crippen LogP contribution in [0.25, 0.3) is 10.9 Å². The molecule has 3 aromatic rings. The number of para-hydroxylation sites is 1. The van der Waals surface area contributed by atoms with Gasteiger partial charge in [-0.3, -0.25) is 14.2 Å². The van der Waals surface area contributed by atoms with Gasteiger partial charge < -0.3 is 5.32 Å². The third kappa shape index (κ3) is 3.94. The summed E-state index contributed by atoms with van der Waals surface area (Å²) in [4.78, 5) is 29.8. The van der Waals surface area contributed by atoms with Crippen LogP contribution in [0, 0.1) is 11.3 Å².